The van der Waals surface area contributed by atoms with Gasteiger partial charge in [0.05, 0.1) is 7.11 Å². The van der Waals surface area contributed by atoms with Crippen LogP contribution < -0.4 is 14.8 Å². The fraction of sp³-hybridized carbons (Fsp3) is 0.611. The van der Waals surface area contributed by atoms with Crippen LogP contribution in [-0.4, -0.2) is 50.2 Å². The molecule has 0 atom stereocenters. The molecule has 0 radical (unpaired) electrons. The molecule has 2 aliphatic rings. The van der Waals surface area contributed by atoms with Gasteiger partial charge in [0.25, 0.3) is 5.91 Å². The van der Waals surface area contributed by atoms with Crippen molar-refractivity contribution in [3.05, 3.63) is 24.3 Å². The average molecular weight is 318 g/mol. The number of hydrogen-bond donors (Lipinski definition) is 1. The zero-order valence-corrected chi connectivity index (χ0v) is 13.8. The molecular weight excluding hydrogens is 292 g/mol. The van der Waals surface area contributed by atoms with Crippen molar-refractivity contribution in [3.63, 3.8) is 0 Å². The van der Waals surface area contributed by atoms with Gasteiger partial charge in [0.15, 0.2) is 6.61 Å². The monoisotopic (exact) mass is 318 g/mol. The molecule has 2 fully saturated rings. The molecule has 1 aliphatic heterocycles. The number of nitrogens with zero attached hydrogens (tertiary/aromatic N) is 1. The first-order chi connectivity index (χ1) is 11.2. The first-order valence-corrected chi connectivity index (χ1v) is 8.52. The number of methoxy groups -OCH3 is 1. The zero-order chi connectivity index (χ0) is 16.1. The fourth-order valence-electron chi connectivity index (χ4n) is 2.92. The van der Waals surface area contributed by atoms with Crippen molar-refractivity contribution in [3.8, 4) is 11.5 Å². The molecule has 1 aromatic rings. The summed E-state index contributed by atoms with van der Waals surface area (Å²) in [6.07, 6.45) is 4.84. The van der Waals surface area contributed by atoms with E-state index in [2.05, 4.69) is 5.32 Å². The van der Waals surface area contributed by atoms with Crippen LogP contribution in [0.25, 0.3) is 0 Å². The maximum absolute atomic E-state index is 12.3. The summed E-state index contributed by atoms with van der Waals surface area (Å²) < 4.78 is 10.7. The van der Waals surface area contributed by atoms with E-state index in [1.54, 1.807) is 13.2 Å². The molecule has 1 amide bonds. The fourth-order valence-corrected chi connectivity index (χ4v) is 2.92. The number of rotatable bonds is 7. The minimum absolute atomic E-state index is 0.0634. The summed E-state index contributed by atoms with van der Waals surface area (Å²) >= 11 is 0. The molecule has 3 rings (SSSR count). The number of ether oxygens (including phenoxy) is 2. The Morgan fingerprint density at radius 3 is 2.65 bits per heavy atom. The van der Waals surface area contributed by atoms with Gasteiger partial charge in [-0.3, -0.25) is 4.79 Å². The van der Waals surface area contributed by atoms with Gasteiger partial charge in [0.1, 0.15) is 11.5 Å². The van der Waals surface area contributed by atoms with E-state index in [9.17, 15) is 4.79 Å². The van der Waals surface area contributed by atoms with Crippen LogP contribution >= 0.6 is 0 Å². The van der Waals surface area contributed by atoms with Crippen molar-refractivity contribution in [1.29, 1.82) is 0 Å². The molecular formula is C18H26N2O3. The Morgan fingerprint density at radius 1 is 1.22 bits per heavy atom. The van der Waals surface area contributed by atoms with E-state index < -0.39 is 0 Å². The summed E-state index contributed by atoms with van der Waals surface area (Å²) in [5.74, 6) is 2.37. The van der Waals surface area contributed by atoms with Crippen LogP contribution in [0.4, 0.5) is 0 Å². The minimum Gasteiger partial charge on any atom is -0.497 e. The summed E-state index contributed by atoms with van der Waals surface area (Å²) in [5, 5.41) is 3.63. The Kier molecular flexibility index (Phi) is 5.39. The van der Waals surface area contributed by atoms with Crippen LogP contribution in [0.1, 0.15) is 25.7 Å². The highest BCUT2D eigenvalue weighted by Gasteiger charge is 2.26. The zero-order valence-electron chi connectivity index (χ0n) is 13.8. The maximum Gasteiger partial charge on any atom is 0.260 e. The van der Waals surface area contributed by atoms with Crippen molar-refractivity contribution in [2.45, 2.75) is 31.7 Å². The van der Waals surface area contributed by atoms with E-state index in [4.69, 9.17) is 9.47 Å². The Labute approximate surface area is 137 Å². The van der Waals surface area contributed by atoms with E-state index in [1.807, 2.05) is 23.1 Å². The van der Waals surface area contributed by atoms with Crippen molar-refractivity contribution in [2.24, 2.45) is 5.92 Å². The molecule has 5 nitrogen and oxygen atoms in total. The van der Waals surface area contributed by atoms with E-state index in [1.165, 1.54) is 12.8 Å². The number of amides is 1. The van der Waals surface area contributed by atoms with Gasteiger partial charge < -0.3 is 19.7 Å². The van der Waals surface area contributed by atoms with Crippen molar-refractivity contribution < 1.29 is 14.3 Å². The molecule has 126 valence electrons. The third-order valence-corrected chi connectivity index (χ3v) is 4.64. The van der Waals surface area contributed by atoms with Gasteiger partial charge in [-0.2, -0.15) is 0 Å². The smallest absolute Gasteiger partial charge is 0.260 e. The molecule has 1 aromatic carbocycles. The summed E-state index contributed by atoms with van der Waals surface area (Å²) in [5.41, 5.74) is 0. The number of carbonyl (C=O) groups excluding carboxylic acids is 1. The molecule has 1 heterocycles. The van der Waals surface area contributed by atoms with Crippen molar-refractivity contribution in [2.75, 3.05) is 33.4 Å². The highest BCUT2D eigenvalue weighted by Crippen LogP contribution is 2.28. The lowest BCUT2D eigenvalue weighted by Crippen LogP contribution is -2.46. The third kappa shape index (κ3) is 4.86. The van der Waals surface area contributed by atoms with Gasteiger partial charge in [-0.15, -0.1) is 0 Å². The number of benzene rings is 1. The minimum atomic E-state index is 0.0634. The molecule has 0 unspecified atom stereocenters. The third-order valence-electron chi connectivity index (χ3n) is 4.64. The number of carbonyl (C=O) groups is 1. The van der Waals surface area contributed by atoms with Crippen LogP contribution in [0.5, 0.6) is 11.5 Å². The van der Waals surface area contributed by atoms with Gasteiger partial charge in [0, 0.05) is 25.2 Å². The Hall–Kier alpha value is -1.75. The second kappa shape index (κ2) is 7.68. The van der Waals surface area contributed by atoms with Crippen LogP contribution in [0.15, 0.2) is 24.3 Å². The molecule has 23 heavy (non-hydrogen) atoms. The lowest BCUT2D eigenvalue weighted by Gasteiger charge is -2.32. The van der Waals surface area contributed by atoms with Crippen LogP contribution in [-0.2, 0) is 4.79 Å². The Balaban J connectivity index is 1.38. The Bertz CT molecular complexity index is 523. The summed E-state index contributed by atoms with van der Waals surface area (Å²) in [7, 11) is 1.62. The largest absolute Gasteiger partial charge is 0.497 e. The van der Waals surface area contributed by atoms with Crippen molar-refractivity contribution in [1.82, 2.24) is 10.2 Å². The van der Waals surface area contributed by atoms with Gasteiger partial charge >= 0.3 is 0 Å². The second-order valence-corrected chi connectivity index (χ2v) is 6.47. The predicted octanol–water partition coefficient (Wildman–Crippen LogP) is 2.06. The number of piperidine rings is 1. The summed E-state index contributed by atoms with van der Waals surface area (Å²) in [6.45, 7) is 2.89. The molecule has 1 saturated heterocycles. The van der Waals surface area contributed by atoms with Crippen LogP contribution in [0.2, 0.25) is 0 Å². The van der Waals surface area contributed by atoms with Crippen LogP contribution in [0.3, 0.4) is 0 Å². The SMILES string of the molecule is COc1cccc(OCC(=O)N2CCC(NCC3CC3)CC2)c1. The first-order valence-electron chi connectivity index (χ1n) is 8.52. The average Bonchev–Trinajstić information content (AvgIpc) is 3.43. The second-order valence-electron chi connectivity index (χ2n) is 6.47. The number of hydrogen-bond acceptors (Lipinski definition) is 4. The molecule has 1 saturated carbocycles. The topological polar surface area (TPSA) is 50.8 Å². The summed E-state index contributed by atoms with van der Waals surface area (Å²) in [6, 6.07) is 7.91. The lowest BCUT2D eigenvalue weighted by molar-refractivity contribution is -0.134. The van der Waals surface area contributed by atoms with E-state index in [0.717, 1.165) is 44.1 Å². The standard InChI is InChI=1S/C18H26N2O3/c1-22-16-3-2-4-17(11-16)23-13-18(21)20-9-7-15(8-10-20)19-12-14-5-6-14/h2-4,11,14-15,19H,5-10,12-13H2,1H3. The highest BCUT2D eigenvalue weighted by molar-refractivity contribution is 5.77. The van der Waals surface area contributed by atoms with E-state index >= 15 is 0 Å². The number of likely N-dealkylation sites (tertiary alicyclic amines) is 1. The molecule has 5 heteroatoms. The lowest BCUT2D eigenvalue weighted by atomic mass is 10.0. The molecule has 0 bridgehead atoms. The highest BCUT2D eigenvalue weighted by atomic mass is 16.5. The molecule has 0 aromatic heterocycles. The van der Waals surface area contributed by atoms with Gasteiger partial charge in [-0.1, -0.05) is 6.07 Å². The van der Waals surface area contributed by atoms with E-state index in [-0.39, 0.29) is 12.5 Å². The molecule has 1 N–H and O–H groups in total. The maximum atomic E-state index is 12.3. The number of nitrogens with one attached hydrogen (secondary N) is 1. The van der Waals surface area contributed by atoms with Gasteiger partial charge in [-0.25, -0.2) is 0 Å². The van der Waals surface area contributed by atoms with E-state index in [0.29, 0.717) is 11.8 Å². The Morgan fingerprint density at radius 2 is 1.96 bits per heavy atom. The molecule has 0 spiro atoms. The normalized spacial score (nSPS) is 18.7. The molecule has 1 aliphatic carbocycles. The van der Waals surface area contributed by atoms with Gasteiger partial charge in [-0.05, 0) is 50.3 Å². The van der Waals surface area contributed by atoms with Crippen LogP contribution in [0, 0.1) is 5.92 Å². The first kappa shape index (κ1) is 16.1. The predicted molar refractivity (Wildman–Crippen MR) is 88.8 cm³/mol. The summed E-state index contributed by atoms with van der Waals surface area (Å²) in [4.78, 5) is 14.2. The van der Waals surface area contributed by atoms with Gasteiger partial charge in [0.2, 0.25) is 0 Å². The quantitative estimate of drug-likeness (QED) is 0.836. The van der Waals surface area contributed by atoms with Crippen molar-refractivity contribution >= 4 is 5.91 Å².